The Morgan fingerprint density at radius 3 is 2.47 bits per heavy atom. The summed E-state index contributed by atoms with van der Waals surface area (Å²) in [5.41, 5.74) is -0.0577. The number of hydrogen-bond donors (Lipinski definition) is 1. The van der Waals surface area contributed by atoms with Gasteiger partial charge < -0.3 is 5.32 Å². The molecular formula is C13H16F5N. The summed E-state index contributed by atoms with van der Waals surface area (Å²) < 4.78 is 63.4. The molecule has 0 heterocycles. The molecule has 0 aromatic heterocycles. The maximum absolute atomic E-state index is 13.6. The molecule has 1 unspecified atom stereocenters. The van der Waals surface area contributed by atoms with Gasteiger partial charge in [0.1, 0.15) is 0 Å². The summed E-state index contributed by atoms with van der Waals surface area (Å²) in [6.45, 7) is 2.29. The molecule has 1 aromatic carbocycles. The van der Waals surface area contributed by atoms with Crippen molar-refractivity contribution in [2.45, 2.75) is 38.4 Å². The van der Waals surface area contributed by atoms with Gasteiger partial charge in [0.15, 0.2) is 11.6 Å². The summed E-state index contributed by atoms with van der Waals surface area (Å²) in [5, 5.41) is 2.82. The Kier molecular flexibility index (Phi) is 5.72. The van der Waals surface area contributed by atoms with E-state index in [0.29, 0.717) is 13.0 Å². The van der Waals surface area contributed by atoms with E-state index >= 15 is 0 Å². The van der Waals surface area contributed by atoms with Gasteiger partial charge in [-0.25, -0.2) is 8.78 Å². The van der Waals surface area contributed by atoms with Gasteiger partial charge in [0.2, 0.25) is 0 Å². The first-order valence-corrected chi connectivity index (χ1v) is 6.09. The lowest BCUT2D eigenvalue weighted by Gasteiger charge is -2.20. The van der Waals surface area contributed by atoms with Crippen LogP contribution in [0.4, 0.5) is 22.0 Å². The summed E-state index contributed by atoms with van der Waals surface area (Å²) in [4.78, 5) is 0. The SMILES string of the molecule is CCCNC(CCC(F)(F)F)c1cccc(F)c1F. The minimum atomic E-state index is -4.31. The molecule has 1 aromatic rings. The molecule has 0 aliphatic heterocycles. The van der Waals surface area contributed by atoms with Gasteiger partial charge in [0.25, 0.3) is 0 Å². The van der Waals surface area contributed by atoms with E-state index in [0.717, 1.165) is 6.07 Å². The van der Waals surface area contributed by atoms with Crippen molar-refractivity contribution >= 4 is 0 Å². The summed E-state index contributed by atoms with van der Waals surface area (Å²) >= 11 is 0. The molecule has 1 atom stereocenters. The van der Waals surface area contributed by atoms with Crippen molar-refractivity contribution in [3.05, 3.63) is 35.4 Å². The van der Waals surface area contributed by atoms with Gasteiger partial charge in [0.05, 0.1) is 0 Å². The van der Waals surface area contributed by atoms with Crippen LogP contribution < -0.4 is 5.32 Å². The number of nitrogens with one attached hydrogen (secondary N) is 1. The molecule has 0 saturated heterocycles. The average Bonchev–Trinajstić information content (AvgIpc) is 2.32. The fraction of sp³-hybridized carbons (Fsp3) is 0.538. The molecule has 1 rings (SSSR count). The molecular weight excluding hydrogens is 265 g/mol. The van der Waals surface area contributed by atoms with E-state index in [9.17, 15) is 22.0 Å². The average molecular weight is 281 g/mol. The maximum Gasteiger partial charge on any atom is 0.389 e. The summed E-state index contributed by atoms with van der Waals surface area (Å²) in [6.07, 6.45) is -4.97. The monoisotopic (exact) mass is 281 g/mol. The highest BCUT2D eigenvalue weighted by atomic mass is 19.4. The Balaban J connectivity index is 2.86. The lowest BCUT2D eigenvalue weighted by molar-refractivity contribution is -0.136. The highest BCUT2D eigenvalue weighted by Gasteiger charge is 2.29. The van der Waals surface area contributed by atoms with Gasteiger partial charge in [0, 0.05) is 18.0 Å². The summed E-state index contributed by atoms with van der Waals surface area (Å²) in [7, 11) is 0. The largest absolute Gasteiger partial charge is 0.389 e. The fourth-order valence-electron chi connectivity index (χ4n) is 1.78. The standard InChI is InChI=1S/C13H16F5N/c1-2-8-19-11(6-7-13(16,17)18)9-4-3-5-10(14)12(9)15/h3-5,11,19H,2,6-8H2,1H3. The molecule has 0 radical (unpaired) electrons. The third kappa shape index (κ3) is 5.14. The van der Waals surface area contributed by atoms with Gasteiger partial charge in [-0.05, 0) is 25.5 Å². The zero-order valence-corrected chi connectivity index (χ0v) is 10.5. The Labute approximate surface area is 108 Å². The normalized spacial score (nSPS) is 13.6. The quantitative estimate of drug-likeness (QED) is 0.764. The van der Waals surface area contributed by atoms with Crippen molar-refractivity contribution in [1.29, 1.82) is 0 Å². The molecule has 0 spiro atoms. The second-order valence-electron chi connectivity index (χ2n) is 4.30. The van der Waals surface area contributed by atoms with E-state index in [-0.39, 0.29) is 12.0 Å². The van der Waals surface area contributed by atoms with E-state index in [2.05, 4.69) is 5.32 Å². The summed E-state index contributed by atoms with van der Waals surface area (Å²) in [5.74, 6) is -2.13. The second-order valence-corrected chi connectivity index (χ2v) is 4.30. The van der Waals surface area contributed by atoms with Crippen molar-refractivity contribution < 1.29 is 22.0 Å². The highest BCUT2D eigenvalue weighted by Crippen LogP contribution is 2.29. The van der Waals surface area contributed by atoms with Crippen LogP contribution in [0, 0.1) is 11.6 Å². The molecule has 108 valence electrons. The molecule has 1 N–H and O–H groups in total. The maximum atomic E-state index is 13.6. The fourth-order valence-corrected chi connectivity index (χ4v) is 1.78. The Morgan fingerprint density at radius 2 is 1.89 bits per heavy atom. The van der Waals surface area contributed by atoms with Crippen molar-refractivity contribution in [3.8, 4) is 0 Å². The predicted octanol–water partition coefficient (Wildman–Crippen LogP) is 4.35. The van der Waals surface area contributed by atoms with Crippen molar-refractivity contribution in [3.63, 3.8) is 0 Å². The Morgan fingerprint density at radius 1 is 1.21 bits per heavy atom. The van der Waals surface area contributed by atoms with Crippen molar-refractivity contribution in [2.75, 3.05) is 6.54 Å². The zero-order valence-electron chi connectivity index (χ0n) is 10.5. The topological polar surface area (TPSA) is 12.0 Å². The predicted molar refractivity (Wildman–Crippen MR) is 62.7 cm³/mol. The molecule has 1 nitrogen and oxygen atoms in total. The first-order valence-electron chi connectivity index (χ1n) is 6.09. The second kappa shape index (κ2) is 6.84. The van der Waals surface area contributed by atoms with Gasteiger partial charge in [-0.15, -0.1) is 0 Å². The van der Waals surface area contributed by atoms with Crippen LogP contribution in [0.15, 0.2) is 18.2 Å². The smallest absolute Gasteiger partial charge is 0.310 e. The molecule has 19 heavy (non-hydrogen) atoms. The highest BCUT2D eigenvalue weighted by molar-refractivity contribution is 5.22. The van der Waals surface area contributed by atoms with Crippen LogP contribution in [-0.2, 0) is 0 Å². The molecule has 6 heteroatoms. The van der Waals surface area contributed by atoms with E-state index in [1.54, 1.807) is 0 Å². The minimum Gasteiger partial charge on any atom is -0.310 e. The first kappa shape index (κ1) is 15.9. The van der Waals surface area contributed by atoms with Crippen LogP contribution in [0.3, 0.4) is 0 Å². The van der Waals surface area contributed by atoms with Gasteiger partial charge in [-0.3, -0.25) is 0 Å². The first-order chi connectivity index (χ1) is 8.85. The molecule has 0 fully saturated rings. The molecule has 0 bridgehead atoms. The number of hydrogen-bond acceptors (Lipinski definition) is 1. The third-order valence-electron chi connectivity index (χ3n) is 2.71. The molecule has 0 amide bonds. The van der Waals surface area contributed by atoms with Crippen molar-refractivity contribution in [1.82, 2.24) is 5.32 Å². The zero-order chi connectivity index (χ0) is 14.5. The number of rotatable bonds is 6. The summed E-state index contributed by atoms with van der Waals surface area (Å²) in [6, 6.07) is 2.71. The number of benzene rings is 1. The van der Waals surface area contributed by atoms with Crippen LogP contribution in [0.2, 0.25) is 0 Å². The van der Waals surface area contributed by atoms with Crippen LogP contribution >= 0.6 is 0 Å². The Hall–Kier alpha value is -1.17. The lowest BCUT2D eigenvalue weighted by atomic mass is 10.0. The van der Waals surface area contributed by atoms with Crippen molar-refractivity contribution in [2.24, 2.45) is 0 Å². The van der Waals surface area contributed by atoms with Gasteiger partial charge in [-0.1, -0.05) is 19.1 Å². The lowest BCUT2D eigenvalue weighted by Crippen LogP contribution is -2.25. The van der Waals surface area contributed by atoms with E-state index in [1.165, 1.54) is 12.1 Å². The number of halogens is 5. The molecule has 0 saturated carbocycles. The molecule has 0 aliphatic carbocycles. The number of alkyl halides is 3. The minimum absolute atomic E-state index is 0.0577. The van der Waals surface area contributed by atoms with E-state index < -0.39 is 30.3 Å². The third-order valence-corrected chi connectivity index (χ3v) is 2.71. The van der Waals surface area contributed by atoms with E-state index in [4.69, 9.17) is 0 Å². The van der Waals surface area contributed by atoms with Crippen LogP contribution in [0.1, 0.15) is 37.8 Å². The van der Waals surface area contributed by atoms with E-state index in [1.807, 2.05) is 6.92 Å². The van der Waals surface area contributed by atoms with Crippen LogP contribution in [0.25, 0.3) is 0 Å². The van der Waals surface area contributed by atoms with Gasteiger partial charge in [-0.2, -0.15) is 13.2 Å². The van der Waals surface area contributed by atoms with Crippen LogP contribution in [-0.4, -0.2) is 12.7 Å². The molecule has 0 aliphatic rings. The Bertz CT molecular complexity index is 403. The van der Waals surface area contributed by atoms with Gasteiger partial charge >= 0.3 is 6.18 Å². The van der Waals surface area contributed by atoms with Crippen LogP contribution in [0.5, 0.6) is 0 Å².